The van der Waals surface area contributed by atoms with Gasteiger partial charge in [0.15, 0.2) is 5.69 Å². The van der Waals surface area contributed by atoms with Gasteiger partial charge in [-0.3, -0.25) is 14.3 Å². The van der Waals surface area contributed by atoms with Crippen molar-refractivity contribution in [1.29, 1.82) is 0 Å². The number of amides is 1. The van der Waals surface area contributed by atoms with E-state index in [1.54, 1.807) is 22.9 Å². The van der Waals surface area contributed by atoms with Gasteiger partial charge >= 0.3 is 0 Å². The molecule has 0 radical (unpaired) electrons. The van der Waals surface area contributed by atoms with Gasteiger partial charge in [-0.05, 0) is 49.2 Å². The Labute approximate surface area is 150 Å². The number of hydrogen-bond donors (Lipinski definition) is 1. The maximum absolute atomic E-state index is 12.7. The van der Waals surface area contributed by atoms with Crippen LogP contribution in [0.2, 0.25) is 5.02 Å². The lowest BCUT2D eigenvalue weighted by atomic mass is 10.1. The third-order valence-corrected chi connectivity index (χ3v) is 4.29. The van der Waals surface area contributed by atoms with Crippen LogP contribution in [-0.4, -0.2) is 15.7 Å². The summed E-state index contributed by atoms with van der Waals surface area (Å²) in [6.45, 7) is 4.49. The Morgan fingerprint density at radius 3 is 2.52 bits per heavy atom. The maximum atomic E-state index is 12.7. The van der Waals surface area contributed by atoms with Crippen molar-refractivity contribution in [3.63, 3.8) is 0 Å². The predicted octanol–water partition coefficient (Wildman–Crippen LogP) is 3.88. The molecule has 0 unspecified atom stereocenters. The van der Waals surface area contributed by atoms with Crippen LogP contribution < -0.4 is 10.7 Å². The van der Waals surface area contributed by atoms with Gasteiger partial charge in [0, 0.05) is 17.3 Å². The molecule has 25 heavy (non-hydrogen) atoms. The molecule has 5 nitrogen and oxygen atoms in total. The molecule has 0 saturated heterocycles. The van der Waals surface area contributed by atoms with Gasteiger partial charge in [0.05, 0.1) is 10.9 Å². The Morgan fingerprint density at radius 2 is 1.88 bits per heavy atom. The molecule has 1 amide bonds. The second-order valence-corrected chi connectivity index (χ2v) is 6.10. The molecule has 128 valence electrons. The molecule has 0 aliphatic heterocycles. The molecule has 1 heterocycles. The Morgan fingerprint density at radius 1 is 1.16 bits per heavy atom. The smallest absolute Gasteiger partial charge is 0.280 e. The standard InChI is InChI=1S/C19H18ClN3O2/c1-3-12-5-8-14(9-6-12)21-19(25)17-18(24)15-11-13(20)7-10-16(15)23(4-2)22-17/h5-11H,3-4H2,1-2H3,(H,21,25). The molecule has 6 heteroatoms. The largest absolute Gasteiger partial charge is 0.320 e. The van der Waals surface area contributed by atoms with E-state index < -0.39 is 11.3 Å². The van der Waals surface area contributed by atoms with Crippen molar-refractivity contribution in [3.05, 3.63) is 69.0 Å². The molecule has 0 saturated carbocycles. The van der Waals surface area contributed by atoms with Crippen molar-refractivity contribution in [2.75, 3.05) is 5.32 Å². The summed E-state index contributed by atoms with van der Waals surface area (Å²) in [4.78, 5) is 25.3. The Bertz CT molecular complexity index is 994. The number of nitrogens with one attached hydrogen (secondary N) is 1. The highest BCUT2D eigenvalue weighted by Crippen LogP contribution is 2.17. The average Bonchev–Trinajstić information content (AvgIpc) is 2.63. The summed E-state index contributed by atoms with van der Waals surface area (Å²) in [5.41, 5.74) is 1.88. The Balaban J connectivity index is 2.03. The first-order valence-corrected chi connectivity index (χ1v) is 8.52. The van der Waals surface area contributed by atoms with Crippen molar-refractivity contribution in [2.45, 2.75) is 26.8 Å². The molecule has 3 rings (SSSR count). The van der Waals surface area contributed by atoms with Crippen LogP contribution in [-0.2, 0) is 13.0 Å². The van der Waals surface area contributed by atoms with Gasteiger partial charge in [0.2, 0.25) is 5.43 Å². The van der Waals surface area contributed by atoms with Crippen LogP contribution in [0.1, 0.15) is 29.9 Å². The van der Waals surface area contributed by atoms with Gasteiger partial charge in [-0.25, -0.2) is 0 Å². The van der Waals surface area contributed by atoms with Crippen molar-refractivity contribution >= 4 is 34.1 Å². The second kappa shape index (κ2) is 7.07. The number of carbonyl (C=O) groups excluding carboxylic acids is 1. The van der Waals surface area contributed by atoms with E-state index in [1.165, 1.54) is 5.56 Å². The molecule has 0 bridgehead atoms. The summed E-state index contributed by atoms with van der Waals surface area (Å²) >= 11 is 6.01. The van der Waals surface area contributed by atoms with Crippen LogP contribution in [0, 0.1) is 0 Å². The first-order valence-electron chi connectivity index (χ1n) is 8.14. The molecule has 0 atom stereocenters. The number of fused-ring (bicyclic) bond motifs is 1. The highest BCUT2D eigenvalue weighted by molar-refractivity contribution is 6.31. The van der Waals surface area contributed by atoms with Gasteiger partial charge in [-0.15, -0.1) is 0 Å². The van der Waals surface area contributed by atoms with Crippen LogP contribution in [0.5, 0.6) is 0 Å². The summed E-state index contributed by atoms with van der Waals surface area (Å²) in [5, 5.41) is 7.79. The number of rotatable bonds is 4. The number of carbonyl (C=O) groups is 1. The molecule has 0 aliphatic carbocycles. The van der Waals surface area contributed by atoms with E-state index >= 15 is 0 Å². The zero-order chi connectivity index (χ0) is 18.0. The van der Waals surface area contributed by atoms with E-state index in [1.807, 2.05) is 31.2 Å². The van der Waals surface area contributed by atoms with Crippen molar-refractivity contribution in [3.8, 4) is 0 Å². The first kappa shape index (κ1) is 17.2. The van der Waals surface area contributed by atoms with Crippen LogP contribution >= 0.6 is 11.6 Å². The molecule has 0 fully saturated rings. The predicted molar refractivity (Wildman–Crippen MR) is 100 cm³/mol. The quantitative estimate of drug-likeness (QED) is 0.772. The Kier molecular flexibility index (Phi) is 4.86. The zero-order valence-corrected chi connectivity index (χ0v) is 14.8. The number of hydrogen-bond acceptors (Lipinski definition) is 3. The molecular weight excluding hydrogens is 338 g/mol. The van der Waals surface area contributed by atoms with Gasteiger partial charge in [-0.2, -0.15) is 5.10 Å². The third-order valence-electron chi connectivity index (χ3n) is 4.05. The number of benzene rings is 2. The van der Waals surface area contributed by atoms with Crippen LogP contribution in [0.4, 0.5) is 5.69 Å². The fraction of sp³-hybridized carbons (Fsp3) is 0.211. The fourth-order valence-electron chi connectivity index (χ4n) is 2.67. The minimum atomic E-state index is -0.529. The first-order chi connectivity index (χ1) is 12.0. The number of aromatic nitrogens is 2. The summed E-state index contributed by atoms with van der Waals surface area (Å²) in [6, 6.07) is 12.5. The van der Waals surface area contributed by atoms with Gasteiger partial charge in [-0.1, -0.05) is 30.7 Å². The van der Waals surface area contributed by atoms with E-state index in [9.17, 15) is 9.59 Å². The molecule has 0 aliphatic rings. The monoisotopic (exact) mass is 355 g/mol. The van der Waals surface area contributed by atoms with Crippen LogP contribution in [0.25, 0.3) is 10.9 Å². The van der Waals surface area contributed by atoms with E-state index in [2.05, 4.69) is 17.3 Å². The zero-order valence-electron chi connectivity index (χ0n) is 14.0. The lowest BCUT2D eigenvalue weighted by Crippen LogP contribution is -2.27. The van der Waals surface area contributed by atoms with Crippen molar-refractivity contribution < 1.29 is 4.79 Å². The molecule has 2 aromatic carbocycles. The maximum Gasteiger partial charge on any atom is 0.280 e. The normalized spacial score (nSPS) is 10.8. The summed E-state index contributed by atoms with van der Waals surface area (Å²) in [5.74, 6) is -0.529. The molecule has 0 spiro atoms. The van der Waals surface area contributed by atoms with E-state index in [-0.39, 0.29) is 5.69 Å². The molecule has 1 aromatic heterocycles. The number of nitrogens with zero attached hydrogens (tertiary/aromatic N) is 2. The summed E-state index contributed by atoms with van der Waals surface area (Å²) in [7, 11) is 0. The lowest BCUT2D eigenvalue weighted by Gasteiger charge is -2.11. The van der Waals surface area contributed by atoms with Crippen LogP contribution in [0.3, 0.4) is 0 Å². The highest BCUT2D eigenvalue weighted by Gasteiger charge is 2.17. The fourth-order valence-corrected chi connectivity index (χ4v) is 2.84. The minimum Gasteiger partial charge on any atom is -0.320 e. The Hall–Kier alpha value is -2.66. The third kappa shape index (κ3) is 3.42. The SMILES string of the molecule is CCc1ccc(NC(=O)c2nn(CC)c3ccc(Cl)cc3c2=O)cc1. The number of anilines is 1. The summed E-state index contributed by atoms with van der Waals surface area (Å²) in [6.07, 6.45) is 0.919. The number of aryl methyl sites for hydroxylation is 2. The highest BCUT2D eigenvalue weighted by atomic mass is 35.5. The average molecular weight is 356 g/mol. The molecule has 1 N–H and O–H groups in total. The van der Waals surface area contributed by atoms with Gasteiger partial charge < -0.3 is 5.32 Å². The summed E-state index contributed by atoms with van der Waals surface area (Å²) < 4.78 is 1.63. The van der Waals surface area contributed by atoms with Crippen molar-refractivity contribution in [1.82, 2.24) is 9.78 Å². The molecular formula is C19H18ClN3O2. The molecule has 3 aromatic rings. The minimum absolute atomic E-state index is 0.142. The van der Waals surface area contributed by atoms with Gasteiger partial charge in [0.25, 0.3) is 5.91 Å². The van der Waals surface area contributed by atoms with Crippen LogP contribution in [0.15, 0.2) is 47.3 Å². The second-order valence-electron chi connectivity index (χ2n) is 5.66. The topological polar surface area (TPSA) is 64.0 Å². The lowest BCUT2D eigenvalue weighted by molar-refractivity contribution is 0.101. The van der Waals surface area contributed by atoms with E-state index in [0.717, 1.165) is 6.42 Å². The number of halogens is 1. The van der Waals surface area contributed by atoms with E-state index in [0.29, 0.717) is 28.2 Å². The van der Waals surface area contributed by atoms with Crippen molar-refractivity contribution in [2.24, 2.45) is 0 Å². The van der Waals surface area contributed by atoms with Gasteiger partial charge in [0.1, 0.15) is 0 Å². The van der Waals surface area contributed by atoms with E-state index in [4.69, 9.17) is 11.6 Å².